The fourth-order valence-electron chi connectivity index (χ4n) is 1.81. The molecular formula is C13H15N5O3. The van der Waals surface area contributed by atoms with E-state index in [0.717, 1.165) is 0 Å². The van der Waals surface area contributed by atoms with Crippen LogP contribution >= 0.6 is 0 Å². The number of nitrogens with zero attached hydrogens (tertiary/aromatic N) is 2. The highest BCUT2D eigenvalue weighted by molar-refractivity contribution is 5.95. The van der Waals surface area contributed by atoms with Crippen LogP contribution in [0.4, 0.5) is 11.4 Å². The summed E-state index contributed by atoms with van der Waals surface area (Å²) in [5.74, 6) is 0.376. The largest absolute Gasteiger partial charge is 0.372 e. The number of hydrogen-bond donors (Lipinski definition) is 3. The third kappa shape index (κ3) is 3.56. The molecule has 0 bridgehead atoms. The van der Waals surface area contributed by atoms with Crippen LogP contribution in [0, 0.1) is 10.1 Å². The van der Waals surface area contributed by atoms with Gasteiger partial charge in [-0.2, -0.15) is 0 Å². The number of imidazole rings is 1. The number of carbonyl (C=O) groups excluding carboxylic acids is 1. The molecule has 0 aliphatic heterocycles. The second kappa shape index (κ2) is 6.51. The molecule has 21 heavy (non-hydrogen) atoms. The Kier molecular flexibility index (Phi) is 4.50. The number of benzene rings is 1. The van der Waals surface area contributed by atoms with Gasteiger partial charge < -0.3 is 15.6 Å². The number of nitro groups is 1. The highest BCUT2D eigenvalue weighted by atomic mass is 16.6. The number of amides is 1. The zero-order chi connectivity index (χ0) is 15.2. The summed E-state index contributed by atoms with van der Waals surface area (Å²) in [5.41, 5.74) is 0.555. The average Bonchev–Trinajstić information content (AvgIpc) is 2.98. The molecule has 3 N–H and O–H groups in total. The van der Waals surface area contributed by atoms with Crippen LogP contribution in [-0.2, 0) is 6.54 Å². The Morgan fingerprint density at radius 3 is 2.90 bits per heavy atom. The van der Waals surface area contributed by atoms with Gasteiger partial charge in [0.05, 0.1) is 11.5 Å². The second-order valence-corrected chi connectivity index (χ2v) is 4.24. The molecule has 110 valence electrons. The highest BCUT2D eigenvalue weighted by Gasteiger charge is 2.16. The minimum Gasteiger partial charge on any atom is -0.372 e. The van der Waals surface area contributed by atoms with E-state index in [0.29, 0.717) is 24.5 Å². The molecule has 2 aromatic rings. The molecule has 1 aromatic heterocycles. The minimum atomic E-state index is -0.494. The third-order valence-electron chi connectivity index (χ3n) is 2.79. The molecule has 0 unspecified atom stereocenters. The normalized spacial score (nSPS) is 10.1. The van der Waals surface area contributed by atoms with Crippen LogP contribution in [0.1, 0.15) is 23.1 Å². The Bertz CT molecular complexity index is 639. The predicted molar refractivity (Wildman–Crippen MR) is 77.0 cm³/mol. The van der Waals surface area contributed by atoms with Gasteiger partial charge in [0.15, 0.2) is 0 Å². The number of rotatable bonds is 6. The molecule has 0 saturated heterocycles. The van der Waals surface area contributed by atoms with Gasteiger partial charge in [0.2, 0.25) is 0 Å². The first-order chi connectivity index (χ1) is 10.1. The van der Waals surface area contributed by atoms with Crippen LogP contribution in [0.15, 0.2) is 30.6 Å². The van der Waals surface area contributed by atoms with Gasteiger partial charge in [-0.1, -0.05) is 0 Å². The third-order valence-corrected chi connectivity index (χ3v) is 2.79. The summed E-state index contributed by atoms with van der Waals surface area (Å²) in [6, 6.07) is 4.21. The number of carbonyl (C=O) groups is 1. The number of H-pyrrole nitrogens is 1. The van der Waals surface area contributed by atoms with E-state index in [1.165, 1.54) is 18.2 Å². The maximum absolute atomic E-state index is 11.8. The lowest BCUT2D eigenvalue weighted by Gasteiger charge is -2.08. The highest BCUT2D eigenvalue weighted by Crippen LogP contribution is 2.25. The molecule has 1 heterocycles. The summed E-state index contributed by atoms with van der Waals surface area (Å²) in [6.07, 6.45) is 3.26. The van der Waals surface area contributed by atoms with Crippen molar-refractivity contribution in [1.82, 2.24) is 15.3 Å². The zero-order valence-electron chi connectivity index (χ0n) is 11.4. The summed E-state index contributed by atoms with van der Waals surface area (Å²) in [7, 11) is 0. The predicted octanol–water partition coefficient (Wildman–Crippen LogP) is 1.68. The summed E-state index contributed by atoms with van der Waals surface area (Å²) >= 11 is 0. The van der Waals surface area contributed by atoms with Crippen molar-refractivity contribution < 1.29 is 9.72 Å². The number of nitrogens with one attached hydrogen (secondary N) is 3. The van der Waals surface area contributed by atoms with E-state index in [4.69, 9.17) is 0 Å². The molecular weight excluding hydrogens is 274 g/mol. The van der Waals surface area contributed by atoms with Crippen molar-refractivity contribution >= 4 is 17.3 Å². The van der Waals surface area contributed by atoms with Gasteiger partial charge >= 0.3 is 0 Å². The van der Waals surface area contributed by atoms with Crippen molar-refractivity contribution in [2.45, 2.75) is 13.5 Å². The Labute approximate surface area is 120 Å². The summed E-state index contributed by atoms with van der Waals surface area (Å²) < 4.78 is 0. The molecule has 0 spiro atoms. The maximum Gasteiger partial charge on any atom is 0.292 e. The van der Waals surface area contributed by atoms with Crippen molar-refractivity contribution in [2.75, 3.05) is 11.9 Å². The summed E-state index contributed by atoms with van der Waals surface area (Å²) in [6.45, 7) is 2.59. The van der Waals surface area contributed by atoms with E-state index in [1.54, 1.807) is 19.3 Å². The zero-order valence-corrected chi connectivity index (χ0v) is 11.4. The summed E-state index contributed by atoms with van der Waals surface area (Å²) in [5, 5.41) is 16.6. The van der Waals surface area contributed by atoms with Gasteiger partial charge in [-0.3, -0.25) is 14.9 Å². The number of aromatic nitrogens is 2. The molecule has 0 fully saturated rings. The fraction of sp³-hybridized carbons (Fsp3) is 0.231. The monoisotopic (exact) mass is 289 g/mol. The van der Waals surface area contributed by atoms with Gasteiger partial charge in [-0.25, -0.2) is 4.98 Å². The van der Waals surface area contributed by atoms with E-state index < -0.39 is 4.92 Å². The van der Waals surface area contributed by atoms with Crippen LogP contribution in [0.5, 0.6) is 0 Å². The number of anilines is 1. The summed E-state index contributed by atoms with van der Waals surface area (Å²) in [4.78, 5) is 29.2. The molecule has 2 rings (SSSR count). The van der Waals surface area contributed by atoms with Crippen LogP contribution in [0.25, 0.3) is 0 Å². The van der Waals surface area contributed by atoms with Gasteiger partial charge in [-0.15, -0.1) is 0 Å². The molecule has 0 aliphatic carbocycles. The number of aromatic amines is 1. The van der Waals surface area contributed by atoms with Gasteiger partial charge in [0, 0.05) is 30.6 Å². The molecule has 0 aliphatic rings. The molecule has 0 saturated carbocycles. The van der Waals surface area contributed by atoms with E-state index in [1.807, 2.05) is 0 Å². The van der Waals surface area contributed by atoms with E-state index in [-0.39, 0.29) is 17.3 Å². The first-order valence-electron chi connectivity index (χ1n) is 6.40. The van der Waals surface area contributed by atoms with E-state index >= 15 is 0 Å². The van der Waals surface area contributed by atoms with Crippen molar-refractivity contribution in [3.63, 3.8) is 0 Å². The minimum absolute atomic E-state index is 0.0883. The van der Waals surface area contributed by atoms with Gasteiger partial charge in [0.1, 0.15) is 11.5 Å². The van der Waals surface area contributed by atoms with Crippen molar-refractivity contribution in [2.24, 2.45) is 0 Å². The molecule has 1 aromatic carbocycles. The molecule has 0 atom stereocenters. The van der Waals surface area contributed by atoms with Gasteiger partial charge in [-0.05, 0) is 19.1 Å². The molecule has 0 radical (unpaired) electrons. The van der Waals surface area contributed by atoms with Crippen molar-refractivity contribution in [1.29, 1.82) is 0 Å². The van der Waals surface area contributed by atoms with E-state index in [2.05, 4.69) is 20.6 Å². The number of nitro benzene ring substituents is 1. The lowest BCUT2D eigenvalue weighted by atomic mass is 10.1. The first-order valence-corrected chi connectivity index (χ1v) is 6.40. The fourth-order valence-corrected chi connectivity index (χ4v) is 1.81. The maximum atomic E-state index is 11.8. The van der Waals surface area contributed by atoms with Crippen LogP contribution < -0.4 is 10.6 Å². The Morgan fingerprint density at radius 2 is 2.29 bits per heavy atom. The van der Waals surface area contributed by atoms with Crippen molar-refractivity contribution in [3.8, 4) is 0 Å². The molecule has 8 nitrogen and oxygen atoms in total. The smallest absolute Gasteiger partial charge is 0.292 e. The van der Waals surface area contributed by atoms with Crippen molar-refractivity contribution in [3.05, 3.63) is 52.1 Å². The quantitative estimate of drug-likeness (QED) is 0.553. The topological polar surface area (TPSA) is 113 Å². The second-order valence-electron chi connectivity index (χ2n) is 4.24. The van der Waals surface area contributed by atoms with Crippen LogP contribution in [0.2, 0.25) is 0 Å². The van der Waals surface area contributed by atoms with Crippen LogP contribution in [0.3, 0.4) is 0 Å². The van der Waals surface area contributed by atoms with Gasteiger partial charge in [0.25, 0.3) is 11.6 Å². The number of hydrogen-bond acceptors (Lipinski definition) is 5. The van der Waals surface area contributed by atoms with Crippen LogP contribution in [-0.4, -0.2) is 27.3 Å². The SMILES string of the molecule is CCNC(=O)c1ccc([N+](=O)[O-])c(NCc2ncc[nH]2)c1. The Balaban J connectivity index is 2.24. The lowest BCUT2D eigenvalue weighted by Crippen LogP contribution is -2.22. The lowest BCUT2D eigenvalue weighted by molar-refractivity contribution is -0.384. The first kappa shape index (κ1) is 14.5. The Morgan fingerprint density at radius 1 is 1.48 bits per heavy atom. The average molecular weight is 289 g/mol. The standard InChI is InChI=1S/C13H15N5O3/c1-2-14-13(19)9-3-4-11(18(20)21)10(7-9)17-8-12-15-5-6-16-12/h3-7,17H,2,8H2,1H3,(H,14,19)(H,15,16). The molecule has 1 amide bonds. The van der Waals surface area contributed by atoms with E-state index in [9.17, 15) is 14.9 Å². The molecule has 8 heteroatoms. The Hall–Kier alpha value is -2.90.